The summed E-state index contributed by atoms with van der Waals surface area (Å²) in [5, 5.41) is 15.4. The molecule has 0 aliphatic carbocycles. The van der Waals surface area contributed by atoms with Gasteiger partial charge in [0.15, 0.2) is 0 Å². The Hall–Kier alpha value is -1.13. The van der Waals surface area contributed by atoms with Crippen LogP contribution in [0.25, 0.3) is 0 Å². The second-order valence-electron chi connectivity index (χ2n) is 5.43. The number of aromatic nitrogens is 2. The van der Waals surface area contributed by atoms with Crippen molar-refractivity contribution in [1.29, 1.82) is 0 Å². The third-order valence-corrected chi connectivity index (χ3v) is 4.72. The van der Waals surface area contributed by atoms with Gasteiger partial charge in [0.2, 0.25) is 0 Å². The number of hydrogen-bond donors (Lipinski definition) is 1. The Labute approximate surface area is 128 Å². The summed E-state index contributed by atoms with van der Waals surface area (Å²) in [6.45, 7) is 8.73. The molecule has 0 saturated heterocycles. The van der Waals surface area contributed by atoms with Crippen molar-refractivity contribution in [1.82, 2.24) is 9.78 Å². The molecular weight excluding hydrogens is 316 g/mol. The molecular formula is C16H21BrN2O. The van der Waals surface area contributed by atoms with Crippen LogP contribution in [0.1, 0.15) is 36.4 Å². The average molecular weight is 337 g/mol. The van der Waals surface area contributed by atoms with Gasteiger partial charge in [0.1, 0.15) is 0 Å². The minimum atomic E-state index is -0.909. The summed E-state index contributed by atoms with van der Waals surface area (Å²) in [5.41, 5.74) is 3.16. The fraction of sp³-hybridized carbons (Fsp3) is 0.438. The lowest BCUT2D eigenvalue weighted by atomic mass is 9.88. The zero-order valence-electron chi connectivity index (χ0n) is 12.4. The van der Waals surface area contributed by atoms with E-state index in [1.165, 1.54) is 0 Å². The highest BCUT2D eigenvalue weighted by Crippen LogP contribution is 2.31. The topological polar surface area (TPSA) is 38.0 Å². The number of nitrogens with zero attached hydrogens (tertiary/aromatic N) is 2. The van der Waals surface area contributed by atoms with Gasteiger partial charge in [-0.25, -0.2) is 0 Å². The molecule has 3 nitrogen and oxygen atoms in total. The summed E-state index contributed by atoms with van der Waals surface area (Å²) in [7, 11) is 0. The van der Waals surface area contributed by atoms with Crippen LogP contribution in [0.5, 0.6) is 0 Å². The predicted molar refractivity (Wildman–Crippen MR) is 84.8 cm³/mol. The molecule has 1 unspecified atom stereocenters. The lowest BCUT2D eigenvalue weighted by molar-refractivity contribution is 0.0546. The number of aliphatic hydroxyl groups is 1. The first kappa shape index (κ1) is 15.3. The Morgan fingerprint density at radius 1 is 1.30 bits per heavy atom. The number of aryl methyl sites for hydroxylation is 3. The van der Waals surface area contributed by atoms with Crippen LogP contribution in [-0.4, -0.2) is 14.9 Å². The van der Waals surface area contributed by atoms with E-state index in [1.54, 1.807) is 0 Å². The van der Waals surface area contributed by atoms with E-state index in [2.05, 4.69) is 28.0 Å². The molecule has 4 heteroatoms. The fourth-order valence-electron chi connectivity index (χ4n) is 2.64. The molecule has 0 saturated carbocycles. The minimum absolute atomic E-state index is 0.535. The number of rotatable bonds is 4. The predicted octanol–water partition coefficient (Wildman–Crippen LogP) is 3.73. The molecule has 0 spiro atoms. The lowest BCUT2D eigenvalue weighted by Gasteiger charge is -2.26. The van der Waals surface area contributed by atoms with Crippen LogP contribution in [0.3, 0.4) is 0 Å². The first-order valence-corrected chi connectivity index (χ1v) is 7.66. The molecule has 1 aromatic heterocycles. The molecule has 0 bridgehead atoms. The molecule has 0 fully saturated rings. The summed E-state index contributed by atoms with van der Waals surface area (Å²) in [4.78, 5) is 0. The Balaban J connectivity index is 2.41. The standard InChI is InChI=1S/C16H21BrN2O/c1-5-19-14(15(17)12(3)18-19)10-16(4,20)13-9-7-6-8-11(13)2/h6-9,20H,5,10H2,1-4H3. The van der Waals surface area contributed by atoms with Crippen molar-refractivity contribution in [2.45, 2.75) is 46.3 Å². The summed E-state index contributed by atoms with van der Waals surface area (Å²) < 4.78 is 2.94. The van der Waals surface area contributed by atoms with E-state index >= 15 is 0 Å². The van der Waals surface area contributed by atoms with Crippen LogP contribution >= 0.6 is 15.9 Å². The van der Waals surface area contributed by atoms with Crippen LogP contribution in [-0.2, 0) is 18.6 Å². The second-order valence-corrected chi connectivity index (χ2v) is 6.22. The molecule has 0 amide bonds. The van der Waals surface area contributed by atoms with Gasteiger partial charge < -0.3 is 5.11 Å². The highest BCUT2D eigenvalue weighted by atomic mass is 79.9. The maximum absolute atomic E-state index is 10.9. The zero-order chi connectivity index (χ0) is 14.9. The van der Waals surface area contributed by atoms with Gasteiger partial charge in [-0.3, -0.25) is 4.68 Å². The van der Waals surface area contributed by atoms with E-state index < -0.39 is 5.60 Å². The largest absolute Gasteiger partial charge is 0.385 e. The first-order valence-electron chi connectivity index (χ1n) is 6.87. The smallest absolute Gasteiger partial charge is 0.0926 e. The van der Waals surface area contributed by atoms with E-state index in [-0.39, 0.29) is 0 Å². The molecule has 0 aliphatic heterocycles. The Kier molecular flexibility index (Phi) is 4.35. The van der Waals surface area contributed by atoms with E-state index in [0.29, 0.717) is 6.42 Å². The Morgan fingerprint density at radius 3 is 2.55 bits per heavy atom. The second kappa shape index (κ2) is 5.70. The molecule has 108 valence electrons. The monoisotopic (exact) mass is 336 g/mol. The molecule has 1 atom stereocenters. The number of hydrogen-bond acceptors (Lipinski definition) is 2. The number of benzene rings is 1. The minimum Gasteiger partial charge on any atom is -0.385 e. The maximum Gasteiger partial charge on any atom is 0.0926 e. The van der Waals surface area contributed by atoms with Crippen molar-refractivity contribution in [2.75, 3.05) is 0 Å². The van der Waals surface area contributed by atoms with Crippen LogP contribution < -0.4 is 0 Å². The summed E-state index contributed by atoms with van der Waals surface area (Å²) in [6.07, 6.45) is 0.535. The summed E-state index contributed by atoms with van der Waals surface area (Å²) >= 11 is 3.59. The Bertz CT molecular complexity index is 617. The third kappa shape index (κ3) is 2.81. The van der Waals surface area contributed by atoms with E-state index in [9.17, 15) is 5.11 Å². The molecule has 0 radical (unpaired) electrons. The van der Waals surface area contributed by atoms with Crippen molar-refractivity contribution < 1.29 is 5.11 Å². The molecule has 0 aliphatic rings. The van der Waals surface area contributed by atoms with Gasteiger partial charge in [0.25, 0.3) is 0 Å². The van der Waals surface area contributed by atoms with Gasteiger partial charge in [-0.1, -0.05) is 24.3 Å². The van der Waals surface area contributed by atoms with Gasteiger partial charge in [-0.05, 0) is 54.8 Å². The van der Waals surface area contributed by atoms with Crippen molar-refractivity contribution in [2.24, 2.45) is 0 Å². The molecule has 1 heterocycles. The summed E-state index contributed by atoms with van der Waals surface area (Å²) in [6, 6.07) is 7.98. The van der Waals surface area contributed by atoms with Crippen LogP contribution in [0.15, 0.2) is 28.7 Å². The molecule has 1 aromatic carbocycles. The van der Waals surface area contributed by atoms with Crippen LogP contribution in [0, 0.1) is 13.8 Å². The molecule has 2 aromatic rings. The van der Waals surface area contributed by atoms with Gasteiger partial charge in [0, 0.05) is 13.0 Å². The molecule has 2 rings (SSSR count). The SMILES string of the molecule is CCn1nc(C)c(Br)c1CC(C)(O)c1ccccc1C. The first-order chi connectivity index (χ1) is 9.36. The fourth-order valence-corrected chi connectivity index (χ4v) is 3.06. The van der Waals surface area contributed by atoms with Gasteiger partial charge >= 0.3 is 0 Å². The van der Waals surface area contributed by atoms with Gasteiger partial charge in [-0.2, -0.15) is 5.10 Å². The molecule has 20 heavy (non-hydrogen) atoms. The average Bonchev–Trinajstić information content (AvgIpc) is 2.66. The molecule has 1 N–H and O–H groups in total. The van der Waals surface area contributed by atoms with Gasteiger partial charge in [-0.15, -0.1) is 0 Å². The summed E-state index contributed by atoms with van der Waals surface area (Å²) in [5.74, 6) is 0. The highest BCUT2D eigenvalue weighted by Gasteiger charge is 2.28. The van der Waals surface area contributed by atoms with E-state index in [4.69, 9.17) is 0 Å². The quantitative estimate of drug-likeness (QED) is 0.923. The van der Waals surface area contributed by atoms with Crippen molar-refractivity contribution in [3.63, 3.8) is 0 Å². The van der Waals surface area contributed by atoms with Crippen LogP contribution in [0.4, 0.5) is 0 Å². The lowest BCUT2D eigenvalue weighted by Crippen LogP contribution is -2.27. The van der Waals surface area contributed by atoms with Gasteiger partial charge in [0.05, 0.1) is 21.5 Å². The zero-order valence-corrected chi connectivity index (χ0v) is 14.0. The van der Waals surface area contributed by atoms with Crippen molar-refractivity contribution >= 4 is 15.9 Å². The Morgan fingerprint density at radius 2 is 1.95 bits per heavy atom. The van der Waals surface area contributed by atoms with E-state index in [1.807, 2.05) is 49.7 Å². The van der Waals surface area contributed by atoms with Crippen LogP contribution in [0.2, 0.25) is 0 Å². The number of halogens is 1. The van der Waals surface area contributed by atoms with E-state index in [0.717, 1.165) is 33.5 Å². The van der Waals surface area contributed by atoms with Crippen molar-refractivity contribution in [3.8, 4) is 0 Å². The maximum atomic E-state index is 10.9. The third-order valence-electron chi connectivity index (χ3n) is 3.69. The normalized spacial score (nSPS) is 14.3. The van der Waals surface area contributed by atoms with Crippen molar-refractivity contribution in [3.05, 3.63) is 51.3 Å². The highest BCUT2D eigenvalue weighted by molar-refractivity contribution is 9.10.